The van der Waals surface area contributed by atoms with Gasteiger partial charge in [-0.3, -0.25) is 0 Å². The average molecular weight is 329 g/mol. The summed E-state index contributed by atoms with van der Waals surface area (Å²) in [7, 11) is 0. The zero-order chi connectivity index (χ0) is 17.3. The van der Waals surface area contributed by atoms with E-state index in [1.165, 1.54) is 32.1 Å². The third-order valence-corrected chi connectivity index (χ3v) is 3.91. The van der Waals surface area contributed by atoms with Gasteiger partial charge in [-0.05, 0) is 12.8 Å². The van der Waals surface area contributed by atoms with E-state index in [1.807, 2.05) is 0 Å². The van der Waals surface area contributed by atoms with E-state index in [-0.39, 0.29) is 6.54 Å². The third kappa shape index (κ3) is 12.9. The van der Waals surface area contributed by atoms with Crippen LogP contribution in [-0.2, 0) is 4.74 Å². The molecule has 2 amide bonds. The van der Waals surface area contributed by atoms with Crippen molar-refractivity contribution in [2.45, 2.75) is 90.9 Å². The first-order valence-electron chi connectivity index (χ1n) is 9.30. The van der Waals surface area contributed by atoms with Gasteiger partial charge >= 0.3 is 12.2 Å². The third-order valence-electron chi connectivity index (χ3n) is 3.91. The minimum Gasteiger partial charge on any atom is -0.465 e. The molecule has 136 valence electrons. The highest BCUT2D eigenvalue weighted by Crippen LogP contribution is 2.09. The first kappa shape index (κ1) is 21.7. The monoisotopic (exact) mass is 329 g/mol. The zero-order valence-corrected chi connectivity index (χ0v) is 15.0. The number of amides is 2. The summed E-state index contributed by atoms with van der Waals surface area (Å²) < 4.78 is 5.07. The molecule has 5 nitrogen and oxygen atoms in total. The van der Waals surface area contributed by atoms with Crippen molar-refractivity contribution in [3.8, 4) is 0 Å². The van der Waals surface area contributed by atoms with Crippen molar-refractivity contribution in [2.75, 3.05) is 13.2 Å². The Morgan fingerprint density at radius 3 is 1.78 bits per heavy atom. The fourth-order valence-corrected chi connectivity index (χ4v) is 2.44. The number of hydrogen-bond acceptors (Lipinski definition) is 3. The van der Waals surface area contributed by atoms with Gasteiger partial charge < -0.3 is 9.84 Å². The first-order chi connectivity index (χ1) is 11.1. The van der Waals surface area contributed by atoms with Crippen LogP contribution in [0.5, 0.6) is 0 Å². The lowest BCUT2D eigenvalue weighted by atomic mass is 10.1. The summed E-state index contributed by atoms with van der Waals surface area (Å²) in [5, 5.41) is 9.07. The van der Waals surface area contributed by atoms with Crippen LogP contribution in [0.1, 0.15) is 90.9 Å². The average Bonchev–Trinajstić information content (AvgIpc) is 2.52. The molecule has 0 saturated carbocycles. The van der Waals surface area contributed by atoms with Gasteiger partial charge in [-0.2, -0.15) is 0 Å². The Balaban J connectivity index is 3.68. The van der Waals surface area contributed by atoms with Gasteiger partial charge in [0, 0.05) is 6.54 Å². The van der Waals surface area contributed by atoms with Crippen LogP contribution in [0.25, 0.3) is 0 Å². The van der Waals surface area contributed by atoms with Crippen LogP contribution in [0.4, 0.5) is 9.59 Å². The molecular weight excluding hydrogens is 294 g/mol. The molecule has 0 aliphatic heterocycles. The Morgan fingerprint density at radius 2 is 1.26 bits per heavy atom. The maximum absolute atomic E-state index is 11.8. The Bertz CT molecular complexity index is 307. The van der Waals surface area contributed by atoms with Crippen molar-refractivity contribution in [3.63, 3.8) is 0 Å². The van der Waals surface area contributed by atoms with Gasteiger partial charge in [0.2, 0.25) is 0 Å². The summed E-state index contributed by atoms with van der Waals surface area (Å²) in [6.07, 6.45) is 11.2. The van der Waals surface area contributed by atoms with Gasteiger partial charge in [-0.25, -0.2) is 14.5 Å². The van der Waals surface area contributed by atoms with E-state index >= 15 is 0 Å². The first-order valence-corrected chi connectivity index (χ1v) is 9.30. The highest BCUT2D eigenvalue weighted by atomic mass is 16.6. The summed E-state index contributed by atoms with van der Waals surface area (Å²) >= 11 is 0. The van der Waals surface area contributed by atoms with Gasteiger partial charge in [-0.1, -0.05) is 78.1 Å². The molecule has 23 heavy (non-hydrogen) atoms. The van der Waals surface area contributed by atoms with E-state index < -0.39 is 12.2 Å². The molecule has 0 aliphatic carbocycles. The minimum atomic E-state index is -1.22. The summed E-state index contributed by atoms with van der Waals surface area (Å²) in [6.45, 7) is 4.84. The van der Waals surface area contributed by atoms with Crippen LogP contribution in [-0.4, -0.2) is 35.3 Å². The van der Waals surface area contributed by atoms with Crippen molar-refractivity contribution in [3.05, 3.63) is 0 Å². The van der Waals surface area contributed by atoms with E-state index in [0.717, 1.165) is 43.4 Å². The maximum atomic E-state index is 11.8. The zero-order valence-electron chi connectivity index (χ0n) is 15.0. The lowest BCUT2D eigenvalue weighted by molar-refractivity contribution is 0.0924. The summed E-state index contributed by atoms with van der Waals surface area (Å²) in [5.41, 5.74) is 0. The van der Waals surface area contributed by atoms with Crippen molar-refractivity contribution < 1.29 is 19.4 Å². The molecule has 0 atom stereocenters. The van der Waals surface area contributed by atoms with Crippen LogP contribution in [0.2, 0.25) is 0 Å². The molecule has 0 aliphatic rings. The topological polar surface area (TPSA) is 66.8 Å². The number of nitrogens with zero attached hydrogens (tertiary/aromatic N) is 1. The van der Waals surface area contributed by atoms with Crippen LogP contribution >= 0.6 is 0 Å². The molecule has 0 heterocycles. The predicted molar refractivity (Wildman–Crippen MR) is 92.8 cm³/mol. The number of hydrogen-bond donors (Lipinski definition) is 1. The van der Waals surface area contributed by atoms with Crippen LogP contribution in [0.3, 0.4) is 0 Å². The molecule has 0 bridgehead atoms. The fraction of sp³-hybridized carbons (Fsp3) is 0.889. The largest absolute Gasteiger partial charge is 0.465 e. The molecule has 0 rings (SSSR count). The number of rotatable bonds is 14. The molecule has 0 aromatic carbocycles. The van der Waals surface area contributed by atoms with E-state index in [1.54, 1.807) is 0 Å². The Hall–Kier alpha value is -1.26. The van der Waals surface area contributed by atoms with E-state index in [9.17, 15) is 9.59 Å². The highest BCUT2D eigenvalue weighted by Gasteiger charge is 2.21. The summed E-state index contributed by atoms with van der Waals surface area (Å²) in [6, 6.07) is 0. The number of carboxylic acid groups (broad SMARTS) is 1. The number of carbonyl (C=O) groups excluding carboxylic acids is 1. The molecule has 5 heteroatoms. The minimum absolute atomic E-state index is 0.228. The van der Waals surface area contributed by atoms with Crippen molar-refractivity contribution in [1.29, 1.82) is 0 Å². The van der Waals surface area contributed by atoms with Gasteiger partial charge in [0.25, 0.3) is 0 Å². The van der Waals surface area contributed by atoms with Gasteiger partial charge in [0.15, 0.2) is 0 Å². The second kappa shape index (κ2) is 15.6. The van der Waals surface area contributed by atoms with Gasteiger partial charge in [0.1, 0.15) is 0 Å². The van der Waals surface area contributed by atoms with Crippen LogP contribution in [0.15, 0.2) is 0 Å². The van der Waals surface area contributed by atoms with Crippen molar-refractivity contribution in [1.82, 2.24) is 4.90 Å². The molecule has 1 N–H and O–H groups in total. The van der Waals surface area contributed by atoms with E-state index in [4.69, 9.17) is 9.84 Å². The molecule has 0 aromatic heterocycles. The smallest absolute Gasteiger partial charge is 0.419 e. The Labute approximate surface area is 141 Å². The molecule has 0 spiro atoms. The molecule has 0 radical (unpaired) electrons. The number of carbonyl (C=O) groups is 2. The second-order valence-electron chi connectivity index (χ2n) is 6.08. The maximum Gasteiger partial charge on any atom is 0.419 e. The molecule has 0 unspecified atom stereocenters. The van der Waals surface area contributed by atoms with Gasteiger partial charge in [0.05, 0.1) is 6.61 Å². The molecular formula is C18H35NO4. The van der Waals surface area contributed by atoms with E-state index in [2.05, 4.69) is 13.8 Å². The van der Waals surface area contributed by atoms with Crippen molar-refractivity contribution in [2.24, 2.45) is 0 Å². The predicted octanol–water partition coefficient (Wildman–Crippen LogP) is 5.82. The molecule has 0 fully saturated rings. The fourth-order valence-electron chi connectivity index (χ4n) is 2.44. The van der Waals surface area contributed by atoms with Gasteiger partial charge in [-0.15, -0.1) is 0 Å². The van der Waals surface area contributed by atoms with Crippen molar-refractivity contribution >= 4 is 12.2 Å². The van der Waals surface area contributed by atoms with E-state index in [0.29, 0.717) is 13.0 Å². The highest BCUT2D eigenvalue weighted by molar-refractivity contribution is 5.86. The Morgan fingerprint density at radius 1 is 0.783 bits per heavy atom. The summed E-state index contributed by atoms with van der Waals surface area (Å²) in [4.78, 5) is 23.7. The number of unbranched alkanes of at least 4 members (excludes halogenated alkanes) is 10. The normalized spacial score (nSPS) is 10.5. The van der Waals surface area contributed by atoms with Crippen LogP contribution < -0.4 is 0 Å². The number of imide groups is 1. The summed E-state index contributed by atoms with van der Waals surface area (Å²) in [5.74, 6) is 0. The lowest BCUT2D eigenvalue weighted by Gasteiger charge is -2.16. The lowest BCUT2D eigenvalue weighted by Crippen LogP contribution is -2.37. The Kier molecular flexibility index (Phi) is 14.8. The molecule has 0 aromatic rings. The standard InChI is InChI=1S/C18H35NO4/c1-3-5-7-9-10-11-12-14-16-23-18(22)19(17(20)21)15-13-8-6-4-2/h3-16H2,1-2H3,(H,20,21). The van der Waals surface area contributed by atoms with Crippen LogP contribution in [0, 0.1) is 0 Å². The molecule has 0 saturated heterocycles. The second-order valence-corrected chi connectivity index (χ2v) is 6.08. The quantitative estimate of drug-likeness (QED) is 0.407. The SMILES string of the molecule is CCCCCCCCCCOC(=O)N(CCCCCC)C(=O)O. The number of ether oxygens (including phenoxy) is 1.